The maximum Gasteiger partial charge on any atom is 0.136 e. The average molecular weight is 192 g/mol. The van der Waals surface area contributed by atoms with Crippen LogP contribution in [0, 0.1) is 11.8 Å². The molecule has 0 saturated heterocycles. The standard InChI is InChI=1S/C13H20O/c1-10-3-2-4-12(9-10)11-5-7-13(14)8-6-11/h5,10,12H,2-4,6-9H2,1H3. The molecule has 0 N–H and O–H groups in total. The van der Waals surface area contributed by atoms with Crippen LogP contribution in [0.2, 0.25) is 0 Å². The fraction of sp³-hybridized carbons (Fsp3) is 0.769. The number of hydrogen-bond donors (Lipinski definition) is 0. The first kappa shape index (κ1) is 9.95. The molecule has 0 heterocycles. The van der Waals surface area contributed by atoms with Crippen LogP contribution < -0.4 is 0 Å². The summed E-state index contributed by atoms with van der Waals surface area (Å²) in [5, 5.41) is 0. The van der Waals surface area contributed by atoms with Gasteiger partial charge in [0.05, 0.1) is 0 Å². The number of rotatable bonds is 1. The molecule has 0 aromatic carbocycles. The Labute approximate surface area is 86.6 Å². The second-order valence-corrected chi connectivity index (χ2v) is 4.99. The Kier molecular flexibility index (Phi) is 3.05. The van der Waals surface area contributed by atoms with Crippen LogP contribution in [-0.4, -0.2) is 5.78 Å². The van der Waals surface area contributed by atoms with Crippen molar-refractivity contribution in [2.75, 3.05) is 0 Å². The molecule has 0 aromatic heterocycles. The zero-order valence-corrected chi connectivity index (χ0v) is 9.09. The highest BCUT2D eigenvalue weighted by Crippen LogP contribution is 2.36. The van der Waals surface area contributed by atoms with Gasteiger partial charge in [0.15, 0.2) is 0 Å². The molecule has 1 fully saturated rings. The quantitative estimate of drug-likeness (QED) is 0.581. The summed E-state index contributed by atoms with van der Waals surface area (Å²) in [5.41, 5.74) is 1.59. The Balaban J connectivity index is 1.97. The molecule has 0 aliphatic heterocycles. The zero-order chi connectivity index (χ0) is 9.97. The second-order valence-electron chi connectivity index (χ2n) is 4.99. The van der Waals surface area contributed by atoms with Gasteiger partial charge in [-0.05, 0) is 31.1 Å². The molecular weight excluding hydrogens is 172 g/mol. The molecule has 0 radical (unpaired) electrons. The fourth-order valence-electron chi connectivity index (χ4n) is 2.87. The Morgan fingerprint density at radius 3 is 2.79 bits per heavy atom. The number of carbonyl (C=O) groups excluding carboxylic acids is 1. The summed E-state index contributed by atoms with van der Waals surface area (Å²) in [6, 6.07) is 0. The summed E-state index contributed by atoms with van der Waals surface area (Å²) in [5.74, 6) is 2.14. The van der Waals surface area contributed by atoms with E-state index < -0.39 is 0 Å². The summed E-state index contributed by atoms with van der Waals surface area (Å²) in [4.78, 5) is 11.1. The molecule has 1 nitrogen and oxygen atoms in total. The molecule has 0 spiro atoms. The number of hydrogen-bond acceptors (Lipinski definition) is 1. The van der Waals surface area contributed by atoms with Gasteiger partial charge in [0, 0.05) is 12.8 Å². The maximum atomic E-state index is 11.1. The Morgan fingerprint density at radius 2 is 2.14 bits per heavy atom. The smallest absolute Gasteiger partial charge is 0.136 e. The SMILES string of the molecule is CC1CCCC(C2=CCC(=O)CC2)C1. The Bertz CT molecular complexity index is 252. The van der Waals surface area contributed by atoms with Crippen LogP contribution in [0.1, 0.15) is 51.9 Å². The van der Waals surface area contributed by atoms with Crippen LogP contribution in [0.25, 0.3) is 0 Å². The summed E-state index contributed by atoms with van der Waals surface area (Å²) in [7, 11) is 0. The average Bonchev–Trinajstić information content (AvgIpc) is 2.19. The molecule has 0 aromatic rings. The van der Waals surface area contributed by atoms with Crippen molar-refractivity contribution in [3.8, 4) is 0 Å². The minimum absolute atomic E-state index is 0.428. The molecule has 2 aliphatic carbocycles. The number of ketones is 1. The van der Waals surface area contributed by atoms with Crippen LogP contribution in [0.4, 0.5) is 0 Å². The van der Waals surface area contributed by atoms with E-state index in [1.807, 2.05) is 0 Å². The molecule has 0 amide bonds. The van der Waals surface area contributed by atoms with E-state index in [9.17, 15) is 4.79 Å². The van der Waals surface area contributed by atoms with Gasteiger partial charge in [-0.15, -0.1) is 0 Å². The first-order valence-corrected chi connectivity index (χ1v) is 5.96. The lowest BCUT2D eigenvalue weighted by Crippen LogP contribution is -2.18. The first-order valence-electron chi connectivity index (χ1n) is 5.96. The summed E-state index contributed by atoms with van der Waals surface area (Å²) < 4.78 is 0. The van der Waals surface area contributed by atoms with E-state index in [0.29, 0.717) is 12.2 Å². The van der Waals surface area contributed by atoms with Crippen molar-refractivity contribution >= 4 is 5.78 Å². The van der Waals surface area contributed by atoms with E-state index in [4.69, 9.17) is 0 Å². The van der Waals surface area contributed by atoms with Gasteiger partial charge in [-0.25, -0.2) is 0 Å². The fourth-order valence-corrected chi connectivity index (χ4v) is 2.87. The van der Waals surface area contributed by atoms with Gasteiger partial charge >= 0.3 is 0 Å². The zero-order valence-electron chi connectivity index (χ0n) is 9.09. The molecular formula is C13H20O. The van der Waals surface area contributed by atoms with Gasteiger partial charge in [-0.3, -0.25) is 4.79 Å². The van der Waals surface area contributed by atoms with E-state index >= 15 is 0 Å². The third-order valence-electron chi connectivity index (χ3n) is 3.75. The molecule has 2 atom stereocenters. The van der Waals surface area contributed by atoms with Crippen molar-refractivity contribution in [3.05, 3.63) is 11.6 Å². The van der Waals surface area contributed by atoms with Crippen molar-refractivity contribution in [1.29, 1.82) is 0 Å². The first-order chi connectivity index (χ1) is 6.75. The molecule has 1 saturated carbocycles. The third-order valence-corrected chi connectivity index (χ3v) is 3.75. The van der Waals surface area contributed by atoms with Gasteiger partial charge in [0.2, 0.25) is 0 Å². The van der Waals surface area contributed by atoms with Crippen LogP contribution in [0.5, 0.6) is 0 Å². The van der Waals surface area contributed by atoms with Gasteiger partial charge in [0.1, 0.15) is 5.78 Å². The molecule has 2 aliphatic rings. The van der Waals surface area contributed by atoms with Gasteiger partial charge in [-0.2, -0.15) is 0 Å². The predicted octanol–water partition coefficient (Wildman–Crippen LogP) is 3.49. The molecule has 2 unspecified atom stereocenters. The summed E-state index contributed by atoms with van der Waals surface area (Å²) >= 11 is 0. The summed E-state index contributed by atoms with van der Waals surface area (Å²) in [6.07, 6.45) is 10.3. The van der Waals surface area contributed by atoms with Gasteiger partial charge in [-0.1, -0.05) is 31.4 Å². The summed E-state index contributed by atoms with van der Waals surface area (Å²) in [6.45, 7) is 2.36. The van der Waals surface area contributed by atoms with E-state index in [1.54, 1.807) is 5.57 Å². The van der Waals surface area contributed by atoms with E-state index in [0.717, 1.165) is 24.7 Å². The second kappa shape index (κ2) is 4.29. The monoisotopic (exact) mass is 192 g/mol. The maximum absolute atomic E-state index is 11.1. The molecule has 14 heavy (non-hydrogen) atoms. The van der Waals surface area contributed by atoms with Crippen molar-refractivity contribution in [2.24, 2.45) is 11.8 Å². The van der Waals surface area contributed by atoms with E-state index in [1.165, 1.54) is 25.7 Å². The number of carbonyl (C=O) groups is 1. The molecule has 78 valence electrons. The minimum Gasteiger partial charge on any atom is -0.299 e. The van der Waals surface area contributed by atoms with Crippen LogP contribution in [-0.2, 0) is 4.79 Å². The Hall–Kier alpha value is -0.590. The minimum atomic E-state index is 0.428. The highest BCUT2D eigenvalue weighted by atomic mass is 16.1. The topological polar surface area (TPSA) is 17.1 Å². The highest BCUT2D eigenvalue weighted by molar-refractivity contribution is 5.81. The third kappa shape index (κ3) is 2.26. The normalized spacial score (nSPS) is 34.1. The lowest BCUT2D eigenvalue weighted by atomic mass is 9.76. The van der Waals surface area contributed by atoms with Gasteiger partial charge in [0.25, 0.3) is 0 Å². The van der Waals surface area contributed by atoms with Crippen molar-refractivity contribution in [1.82, 2.24) is 0 Å². The van der Waals surface area contributed by atoms with Crippen molar-refractivity contribution in [2.45, 2.75) is 51.9 Å². The predicted molar refractivity (Wildman–Crippen MR) is 58.1 cm³/mol. The van der Waals surface area contributed by atoms with Crippen molar-refractivity contribution < 1.29 is 4.79 Å². The van der Waals surface area contributed by atoms with Crippen LogP contribution >= 0.6 is 0 Å². The lowest BCUT2D eigenvalue weighted by Gasteiger charge is -2.30. The lowest BCUT2D eigenvalue weighted by molar-refractivity contribution is -0.118. The highest BCUT2D eigenvalue weighted by Gasteiger charge is 2.23. The van der Waals surface area contributed by atoms with E-state index in [-0.39, 0.29) is 0 Å². The molecule has 0 bridgehead atoms. The largest absolute Gasteiger partial charge is 0.299 e. The van der Waals surface area contributed by atoms with Crippen molar-refractivity contribution in [3.63, 3.8) is 0 Å². The van der Waals surface area contributed by atoms with Crippen LogP contribution in [0.3, 0.4) is 0 Å². The van der Waals surface area contributed by atoms with Gasteiger partial charge < -0.3 is 0 Å². The number of Topliss-reactive ketones (excluding diaryl/α,β-unsaturated/α-hetero) is 1. The Morgan fingerprint density at radius 1 is 1.29 bits per heavy atom. The van der Waals surface area contributed by atoms with E-state index in [2.05, 4.69) is 13.0 Å². The molecule has 2 rings (SSSR count). The van der Waals surface area contributed by atoms with Crippen LogP contribution in [0.15, 0.2) is 11.6 Å². The number of allylic oxidation sites excluding steroid dienone is 2. The molecule has 1 heteroatoms.